The lowest BCUT2D eigenvalue weighted by atomic mass is 10.1. The lowest BCUT2D eigenvalue weighted by Gasteiger charge is -2.05. The van der Waals surface area contributed by atoms with Crippen LogP contribution in [0.4, 0.5) is 8.78 Å². The van der Waals surface area contributed by atoms with Crippen molar-refractivity contribution in [3.63, 3.8) is 0 Å². The third-order valence-electron chi connectivity index (χ3n) is 4.72. The quantitative estimate of drug-likeness (QED) is 0.447. The maximum absolute atomic E-state index is 14.3. The van der Waals surface area contributed by atoms with Crippen LogP contribution >= 0.6 is 23.2 Å². The van der Waals surface area contributed by atoms with Crippen molar-refractivity contribution >= 4 is 23.2 Å². The van der Waals surface area contributed by atoms with Gasteiger partial charge < -0.3 is 0 Å². The Labute approximate surface area is 181 Å². The average molecular weight is 449 g/mol. The van der Waals surface area contributed by atoms with E-state index in [1.165, 1.54) is 23.1 Å². The van der Waals surface area contributed by atoms with Crippen LogP contribution in [0.2, 0.25) is 10.0 Å². The van der Waals surface area contributed by atoms with Crippen LogP contribution in [0.5, 0.6) is 0 Å². The smallest absolute Gasteiger partial charge is 0.157 e. The van der Waals surface area contributed by atoms with Gasteiger partial charge in [0.15, 0.2) is 5.82 Å². The Morgan fingerprint density at radius 1 is 1.00 bits per heavy atom. The Hall–Kier alpha value is -2.84. The third-order valence-corrected chi connectivity index (χ3v) is 5.66. The van der Waals surface area contributed by atoms with Crippen LogP contribution in [0.15, 0.2) is 30.6 Å². The second-order valence-electron chi connectivity index (χ2n) is 6.80. The molecule has 1 aromatic carbocycles. The third kappa shape index (κ3) is 3.57. The first-order valence-electron chi connectivity index (χ1n) is 8.96. The molecular weight excluding hydrogens is 433 g/mol. The van der Waals surface area contributed by atoms with Crippen molar-refractivity contribution in [2.45, 2.75) is 20.3 Å². The van der Waals surface area contributed by atoms with Crippen LogP contribution in [-0.2, 0) is 13.5 Å². The van der Waals surface area contributed by atoms with Gasteiger partial charge in [0.25, 0.3) is 0 Å². The van der Waals surface area contributed by atoms with Crippen molar-refractivity contribution in [3.05, 3.63) is 75.0 Å². The molecule has 4 aromatic rings. The largest absolute Gasteiger partial charge is 0.266 e. The van der Waals surface area contributed by atoms with Crippen LogP contribution in [-0.4, -0.2) is 29.5 Å². The second-order valence-corrected chi connectivity index (χ2v) is 7.55. The van der Waals surface area contributed by atoms with E-state index in [0.29, 0.717) is 33.6 Å². The van der Waals surface area contributed by atoms with E-state index in [1.807, 2.05) is 13.8 Å². The molecule has 0 unspecified atom stereocenters. The predicted octanol–water partition coefficient (Wildman–Crippen LogP) is 4.86. The zero-order valence-electron chi connectivity index (χ0n) is 16.3. The van der Waals surface area contributed by atoms with E-state index >= 15 is 0 Å². The fourth-order valence-corrected chi connectivity index (χ4v) is 3.70. The van der Waals surface area contributed by atoms with Gasteiger partial charge in [-0.1, -0.05) is 23.2 Å². The van der Waals surface area contributed by atoms with Crippen LogP contribution in [0.25, 0.3) is 17.1 Å². The molecule has 4 rings (SSSR count). The first kappa shape index (κ1) is 20.4. The Bertz CT molecular complexity index is 1260. The predicted molar refractivity (Wildman–Crippen MR) is 110 cm³/mol. The molecule has 0 aliphatic carbocycles. The van der Waals surface area contributed by atoms with E-state index < -0.39 is 11.6 Å². The first-order valence-corrected chi connectivity index (χ1v) is 9.71. The molecule has 0 radical (unpaired) electrons. The maximum atomic E-state index is 14.3. The zero-order chi connectivity index (χ0) is 21.6. The van der Waals surface area contributed by atoms with E-state index in [1.54, 1.807) is 17.8 Å². The van der Waals surface area contributed by atoms with Crippen LogP contribution in [0.3, 0.4) is 0 Å². The second kappa shape index (κ2) is 7.77. The van der Waals surface area contributed by atoms with Crippen molar-refractivity contribution in [1.29, 1.82) is 0 Å². The fourth-order valence-electron chi connectivity index (χ4n) is 3.26. The summed E-state index contributed by atoms with van der Waals surface area (Å²) in [5.41, 5.74) is 3.16. The van der Waals surface area contributed by atoms with E-state index in [4.69, 9.17) is 23.2 Å². The number of benzene rings is 1. The zero-order valence-corrected chi connectivity index (χ0v) is 17.8. The minimum atomic E-state index is -0.711. The molecule has 0 fully saturated rings. The summed E-state index contributed by atoms with van der Waals surface area (Å²) in [5.74, 6) is -0.811. The summed E-state index contributed by atoms with van der Waals surface area (Å²) in [6.45, 7) is 3.67. The molecule has 3 aromatic heterocycles. The number of hydrogen-bond acceptors (Lipinski definition) is 4. The number of aromatic nitrogens is 6. The molecule has 154 valence electrons. The molecule has 0 aliphatic heterocycles. The highest BCUT2D eigenvalue weighted by Crippen LogP contribution is 2.33. The molecule has 0 spiro atoms. The Morgan fingerprint density at radius 3 is 2.43 bits per heavy atom. The molecule has 0 amide bonds. The number of halogens is 4. The highest BCUT2D eigenvalue weighted by atomic mass is 35.5. The molecule has 0 bridgehead atoms. The normalized spacial score (nSPS) is 11.3. The van der Waals surface area contributed by atoms with Gasteiger partial charge in [0, 0.05) is 31.2 Å². The van der Waals surface area contributed by atoms with E-state index in [9.17, 15) is 8.78 Å². The molecular formula is C20H16Cl2F2N6. The lowest BCUT2D eigenvalue weighted by Crippen LogP contribution is -2.05. The molecule has 0 saturated heterocycles. The molecule has 0 aliphatic rings. The summed E-state index contributed by atoms with van der Waals surface area (Å²) >= 11 is 12.7. The van der Waals surface area contributed by atoms with E-state index in [-0.39, 0.29) is 17.0 Å². The van der Waals surface area contributed by atoms with Gasteiger partial charge in [-0.05, 0) is 26.0 Å². The molecule has 0 atom stereocenters. The van der Waals surface area contributed by atoms with Crippen LogP contribution in [0.1, 0.15) is 22.8 Å². The number of hydrogen-bond donors (Lipinski definition) is 0. The van der Waals surface area contributed by atoms with Crippen molar-refractivity contribution in [1.82, 2.24) is 29.5 Å². The van der Waals surface area contributed by atoms with Gasteiger partial charge >= 0.3 is 0 Å². The van der Waals surface area contributed by atoms with Crippen molar-refractivity contribution in [2.75, 3.05) is 0 Å². The standard InChI is InChI=1S/C20H16Cl2F2N6/c1-10-18(21)11(2)30(27-10)17-8-13(25-9-26-17)7-16-19(22)20(29(3)28-16)14-5-4-12(23)6-15(14)24/h4-6,8-9H,7H2,1-3H3. The van der Waals surface area contributed by atoms with Gasteiger partial charge in [-0.2, -0.15) is 10.2 Å². The van der Waals surface area contributed by atoms with Crippen molar-refractivity contribution in [3.8, 4) is 17.1 Å². The van der Waals surface area contributed by atoms with Gasteiger partial charge in [-0.3, -0.25) is 4.68 Å². The summed E-state index contributed by atoms with van der Waals surface area (Å²) in [6.07, 6.45) is 1.71. The van der Waals surface area contributed by atoms with Gasteiger partial charge in [-0.15, -0.1) is 0 Å². The van der Waals surface area contributed by atoms with Gasteiger partial charge in [0.1, 0.15) is 18.0 Å². The van der Waals surface area contributed by atoms with Crippen molar-refractivity contribution < 1.29 is 8.78 Å². The number of nitrogens with zero attached hydrogens (tertiary/aromatic N) is 6. The van der Waals surface area contributed by atoms with Crippen LogP contribution < -0.4 is 0 Å². The maximum Gasteiger partial charge on any atom is 0.157 e. The average Bonchev–Trinajstić information content (AvgIpc) is 3.12. The summed E-state index contributed by atoms with van der Waals surface area (Å²) < 4.78 is 30.6. The Kier molecular flexibility index (Phi) is 5.29. The molecule has 6 nitrogen and oxygen atoms in total. The van der Waals surface area contributed by atoms with Gasteiger partial charge in [-0.25, -0.2) is 23.4 Å². The lowest BCUT2D eigenvalue weighted by molar-refractivity contribution is 0.584. The highest BCUT2D eigenvalue weighted by molar-refractivity contribution is 6.33. The van der Waals surface area contributed by atoms with Gasteiger partial charge in [0.05, 0.1) is 38.5 Å². The molecule has 0 N–H and O–H groups in total. The SMILES string of the molecule is Cc1nn(-c2cc(Cc3nn(C)c(-c4ccc(F)cc4F)c3Cl)ncn2)c(C)c1Cl. The molecule has 10 heteroatoms. The topological polar surface area (TPSA) is 61.4 Å². The van der Waals surface area contributed by atoms with Crippen molar-refractivity contribution in [2.24, 2.45) is 7.05 Å². The summed E-state index contributed by atoms with van der Waals surface area (Å²) in [7, 11) is 1.65. The first-order chi connectivity index (χ1) is 14.3. The molecule has 3 heterocycles. The van der Waals surface area contributed by atoms with Crippen LogP contribution in [0, 0.1) is 25.5 Å². The number of aryl methyl sites for hydroxylation is 2. The molecule has 0 saturated carbocycles. The summed E-state index contributed by atoms with van der Waals surface area (Å²) in [6, 6.07) is 5.10. The highest BCUT2D eigenvalue weighted by Gasteiger charge is 2.20. The number of rotatable bonds is 4. The Balaban J connectivity index is 1.70. The van der Waals surface area contributed by atoms with E-state index in [2.05, 4.69) is 20.2 Å². The fraction of sp³-hybridized carbons (Fsp3) is 0.200. The Morgan fingerprint density at radius 2 is 1.77 bits per heavy atom. The summed E-state index contributed by atoms with van der Waals surface area (Å²) in [4.78, 5) is 8.55. The minimum absolute atomic E-state index is 0.170. The monoisotopic (exact) mass is 448 g/mol. The minimum Gasteiger partial charge on any atom is -0.266 e. The van der Waals surface area contributed by atoms with E-state index in [0.717, 1.165) is 11.8 Å². The van der Waals surface area contributed by atoms with Gasteiger partial charge in [0.2, 0.25) is 0 Å². The molecule has 30 heavy (non-hydrogen) atoms. The summed E-state index contributed by atoms with van der Waals surface area (Å²) in [5, 5.41) is 9.65.